The highest BCUT2D eigenvalue weighted by Gasteiger charge is 2.21. The van der Waals surface area contributed by atoms with Gasteiger partial charge in [0.15, 0.2) is 0 Å². The highest BCUT2D eigenvalue weighted by Crippen LogP contribution is 2.24. The second kappa shape index (κ2) is 5.14. The van der Waals surface area contributed by atoms with E-state index in [1.807, 2.05) is 5.38 Å². The first-order valence-corrected chi connectivity index (χ1v) is 6.39. The maximum atomic E-state index is 12.3. The summed E-state index contributed by atoms with van der Waals surface area (Å²) in [6, 6.07) is 10.4. The number of hydrogen-bond donors (Lipinski definition) is 1. The van der Waals surface area contributed by atoms with Gasteiger partial charge in [-0.05, 0) is 23.9 Å². The number of carbonyl (C=O) groups is 2. The van der Waals surface area contributed by atoms with Crippen LogP contribution in [0.2, 0.25) is 0 Å². The van der Waals surface area contributed by atoms with Crippen LogP contribution in [0.4, 0.5) is 0 Å². The van der Waals surface area contributed by atoms with Crippen molar-refractivity contribution in [3.63, 3.8) is 0 Å². The Balaban J connectivity index is 2.45. The van der Waals surface area contributed by atoms with Gasteiger partial charge < -0.3 is 5.11 Å². The van der Waals surface area contributed by atoms with Crippen molar-refractivity contribution < 1.29 is 14.7 Å². The van der Waals surface area contributed by atoms with Crippen LogP contribution in [0.15, 0.2) is 41.8 Å². The van der Waals surface area contributed by atoms with Crippen molar-refractivity contribution in [3.05, 3.63) is 57.8 Å². The summed E-state index contributed by atoms with van der Waals surface area (Å²) in [7, 11) is 0. The summed E-state index contributed by atoms with van der Waals surface area (Å²) in [5.41, 5.74) is 1.03. The van der Waals surface area contributed by atoms with Gasteiger partial charge in [-0.15, -0.1) is 11.3 Å². The summed E-state index contributed by atoms with van der Waals surface area (Å²) in [6.45, 7) is 1.59. The summed E-state index contributed by atoms with van der Waals surface area (Å²) in [4.78, 5) is 24.0. The minimum Gasteiger partial charge on any atom is -0.481 e. The first-order valence-electron chi connectivity index (χ1n) is 5.51. The first kappa shape index (κ1) is 12.5. The van der Waals surface area contributed by atoms with Crippen LogP contribution in [-0.4, -0.2) is 16.9 Å². The molecule has 2 aromatic rings. The van der Waals surface area contributed by atoms with Gasteiger partial charge in [0.2, 0.25) is 5.78 Å². The van der Waals surface area contributed by atoms with Crippen LogP contribution in [0.3, 0.4) is 0 Å². The quantitative estimate of drug-likeness (QED) is 0.859. The maximum Gasteiger partial charge on any atom is 0.310 e. The number of thiophene rings is 1. The topological polar surface area (TPSA) is 54.4 Å². The van der Waals surface area contributed by atoms with Gasteiger partial charge >= 0.3 is 5.97 Å². The van der Waals surface area contributed by atoms with E-state index in [0.29, 0.717) is 16.0 Å². The van der Waals surface area contributed by atoms with Crippen LogP contribution < -0.4 is 0 Å². The van der Waals surface area contributed by atoms with E-state index in [4.69, 9.17) is 5.11 Å². The molecule has 4 heteroatoms. The zero-order valence-electron chi connectivity index (χ0n) is 9.79. The predicted molar refractivity (Wildman–Crippen MR) is 70.2 cm³/mol. The molecule has 0 aliphatic carbocycles. The molecule has 0 saturated heterocycles. The molecule has 1 aromatic carbocycles. The third kappa shape index (κ3) is 2.33. The summed E-state index contributed by atoms with van der Waals surface area (Å²) in [5, 5.41) is 10.9. The molecule has 1 unspecified atom stereocenters. The minimum atomic E-state index is -0.929. The van der Waals surface area contributed by atoms with E-state index in [2.05, 4.69) is 0 Å². The Labute approximate surface area is 109 Å². The molecule has 3 nitrogen and oxygen atoms in total. The van der Waals surface area contributed by atoms with E-state index < -0.39 is 11.9 Å². The molecule has 0 radical (unpaired) electrons. The largest absolute Gasteiger partial charge is 0.481 e. The summed E-state index contributed by atoms with van der Waals surface area (Å²) in [5.74, 6) is -1.74. The molecule has 92 valence electrons. The highest BCUT2D eigenvalue weighted by molar-refractivity contribution is 7.12. The Morgan fingerprint density at radius 2 is 1.89 bits per heavy atom. The zero-order chi connectivity index (χ0) is 13.1. The lowest BCUT2D eigenvalue weighted by molar-refractivity contribution is -0.138. The van der Waals surface area contributed by atoms with Crippen molar-refractivity contribution in [2.24, 2.45) is 0 Å². The fourth-order valence-electron chi connectivity index (χ4n) is 1.75. The normalized spacial score (nSPS) is 12.1. The molecule has 0 aliphatic rings. The smallest absolute Gasteiger partial charge is 0.310 e. The standard InChI is InChI=1S/C14H12O3S/c1-9(14(16)17)10-5-2-3-6-11(10)13(15)12-7-4-8-18-12/h2-9H,1H3,(H,16,17). The van der Waals surface area contributed by atoms with Gasteiger partial charge in [0, 0.05) is 5.56 Å². The van der Waals surface area contributed by atoms with Crippen LogP contribution in [0.25, 0.3) is 0 Å². The fourth-order valence-corrected chi connectivity index (χ4v) is 2.43. The molecule has 0 saturated carbocycles. The molecule has 0 amide bonds. The fraction of sp³-hybridized carbons (Fsp3) is 0.143. The van der Waals surface area contributed by atoms with Gasteiger partial charge in [0.1, 0.15) is 0 Å². The van der Waals surface area contributed by atoms with Crippen molar-refractivity contribution in [2.45, 2.75) is 12.8 Å². The van der Waals surface area contributed by atoms with E-state index >= 15 is 0 Å². The van der Waals surface area contributed by atoms with Crippen molar-refractivity contribution in [1.29, 1.82) is 0 Å². The van der Waals surface area contributed by atoms with Crippen molar-refractivity contribution in [1.82, 2.24) is 0 Å². The zero-order valence-corrected chi connectivity index (χ0v) is 10.6. The Morgan fingerprint density at radius 3 is 2.50 bits per heavy atom. The SMILES string of the molecule is CC(C(=O)O)c1ccccc1C(=O)c1cccs1. The lowest BCUT2D eigenvalue weighted by Crippen LogP contribution is -2.12. The Hall–Kier alpha value is -1.94. The third-order valence-corrected chi connectivity index (χ3v) is 3.66. The van der Waals surface area contributed by atoms with Gasteiger partial charge in [-0.25, -0.2) is 0 Å². The van der Waals surface area contributed by atoms with Gasteiger partial charge in [-0.2, -0.15) is 0 Å². The summed E-state index contributed by atoms with van der Waals surface area (Å²) < 4.78 is 0. The van der Waals surface area contributed by atoms with E-state index in [1.54, 1.807) is 43.3 Å². The molecule has 0 fully saturated rings. The van der Waals surface area contributed by atoms with Crippen LogP contribution >= 0.6 is 11.3 Å². The minimum absolute atomic E-state index is 0.117. The van der Waals surface area contributed by atoms with Crippen LogP contribution in [0.5, 0.6) is 0 Å². The summed E-state index contributed by atoms with van der Waals surface area (Å²) in [6.07, 6.45) is 0. The number of ketones is 1. The molecular weight excluding hydrogens is 248 g/mol. The monoisotopic (exact) mass is 260 g/mol. The van der Waals surface area contributed by atoms with Crippen LogP contribution in [0, 0.1) is 0 Å². The van der Waals surface area contributed by atoms with Crippen molar-refractivity contribution >= 4 is 23.1 Å². The number of benzene rings is 1. The average molecular weight is 260 g/mol. The molecule has 1 N–H and O–H groups in total. The van der Waals surface area contributed by atoms with Crippen molar-refractivity contribution in [3.8, 4) is 0 Å². The third-order valence-electron chi connectivity index (χ3n) is 2.79. The van der Waals surface area contributed by atoms with E-state index in [0.717, 1.165) is 0 Å². The Morgan fingerprint density at radius 1 is 1.17 bits per heavy atom. The number of carboxylic acid groups (broad SMARTS) is 1. The summed E-state index contributed by atoms with van der Waals surface area (Å²) >= 11 is 1.36. The van der Waals surface area contributed by atoms with Gasteiger partial charge in [0.25, 0.3) is 0 Å². The molecule has 18 heavy (non-hydrogen) atoms. The highest BCUT2D eigenvalue weighted by atomic mass is 32.1. The van der Waals surface area contributed by atoms with E-state index in [9.17, 15) is 9.59 Å². The number of carbonyl (C=O) groups excluding carboxylic acids is 1. The molecule has 1 aromatic heterocycles. The van der Waals surface area contributed by atoms with E-state index in [-0.39, 0.29) is 5.78 Å². The van der Waals surface area contributed by atoms with Crippen LogP contribution in [0.1, 0.15) is 33.6 Å². The first-order chi connectivity index (χ1) is 8.61. The molecule has 0 bridgehead atoms. The molecule has 0 aliphatic heterocycles. The Bertz CT molecular complexity index is 572. The van der Waals surface area contributed by atoms with Gasteiger partial charge in [-0.1, -0.05) is 30.3 Å². The molecule has 1 atom stereocenters. The maximum absolute atomic E-state index is 12.3. The average Bonchev–Trinajstić information content (AvgIpc) is 2.90. The molecule has 1 heterocycles. The number of rotatable bonds is 4. The number of hydrogen-bond acceptors (Lipinski definition) is 3. The second-order valence-corrected chi connectivity index (χ2v) is 4.90. The van der Waals surface area contributed by atoms with Crippen LogP contribution in [-0.2, 0) is 4.79 Å². The second-order valence-electron chi connectivity index (χ2n) is 3.95. The lowest BCUT2D eigenvalue weighted by Gasteiger charge is -2.11. The van der Waals surface area contributed by atoms with E-state index in [1.165, 1.54) is 11.3 Å². The van der Waals surface area contributed by atoms with Crippen molar-refractivity contribution in [2.75, 3.05) is 0 Å². The predicted octanol–water partition coefficient (Wildman–Crippen LogP) is 3.17. The number of aliphatic carboxylic acids is 1. The Kier molecular flexibility index (Phi) is 3.58. The lowest BCUT2D eigenvalue weighted by atomic mass is 9.93. The van der Waals surface area contributed by atoms with Gasteiger partial charge in [0.05, 0.1) is 10.8 Å². The molecular formula is C14H12O3S. The molecule has 2 rings (SSSR count). The molecule has 0 spiro atoms. The number of carboxylic acids is 1. The van der Waals surface area contributed by atoms with Gasteiger partial charge in [-0.3, -0.25) is 9.59 Å².